The van der Waals surface area contributed by atoms with Gasteiger partial charge in [0.2, 0.25) is 0 Å². The maximum Gasteiger partial charge on any atom is 0.300 e. The first-order valence-corrected chi connectivity index (χ1v) is 9.82. The van der Waals surface area contributed by atoms with E-state index in [2.05, 4.69) is 0 Å². The van der Waals surface area contributed by atoms with Gasteiger partial charge in [-0.2, -0.15) is 0 Å². The lowest BCUT2D eigenvalue weighted by molar-refractivity contribution is -0.132. The largest absolute Gasteiger partial charge is 0.506 e. The van der Waals surface area contributed by atoms with Gasteiger partial charge in [-0.25, -0.2) is 8.78 Å². The summed E-state index contributed by atoms with van der Waals surface area (Å²) in [5.74, 6) is -3.94. The van der Waals surface area contributed by atoms with E-state index in [-0.39, 0.29) is 34.1 Å². The van der Waals surface area contributed by atoms with E-state index in [0.29, 0.717) is 5.76 Å². The predicted molar refractivity (Wildman–Crippen MR) is 114 cm³/mol. The Morgan fingerprint density at radius 1 is 1.00 bits per heavy atom. The summed E-state index contributed by atoms with van der Waals surface area (Å²) < 4.78 is 43.8. The molecule has 0 saturated carbocycles. The van der Waals surface area contributed by atoms with E-state index in [1.807, 2.05) is 0 Å². The molecule has 1 amide bonds. The quantitative estimate of drug-likeness (QED) is 0.346. The lowest BCUT2D eigenvalue weighted by Crippen LogP contribution is -2.29. The smallest absolute Gasteiger partial charge is 0.300 e. The SMILES string of the molecule is COc1cccc(OC)c1/C(O)=C1\C(=O)C(=O)N(c2ccc(F)c(F)c2)C1c1ccc(C)o1. The van der Waals surface area contributed by atoms with Crippen molar-refractivity contribution < 1.29 is 37.4 Å². The molecule has 1 unspecified atom stereocenters. The minimum atomic E-state index is -1.25. The molecule has 0 aliphatic carbocycles. The number of hydrogen-bond acceptors (Lipinski definition) is 6. The van der Waals surface area contributed by atoms with Gasteiger partial charge in [0.15, 0.2) is 11.6 Å². The lowest BCUT2D eigenvalue weighted by Gasteiger charge is -2.24. The Morgan fingerprint density at radius 2 is 1.67 bits per heavy atom. The fraction of sp³-hybridized carbons (Fsp3) is 0.167. The Balaban J connectivity index is 2.00. The number of hydrogen-bond donors (Lipinski definition) is 1. The Bertz CT molecular complexity index is 1270. The minimum absolute atomic E-state index is 0.0547. The second kappa shape index (κ2) is 8.42. The molecule has 2 heterocycles. The number of benzene rings is 2. The first-order valence-electron chi connectivity index (χ1n) is 9.82. The standard InChI is InChI=1S/C24H19F2NO6/c1-12-7-10-18(33-12)21-20(22(28)19-16(31-2)5-4-6-17(19)32-3)23(29)24(30)27(21)13-8-9-14(25)15(26)11-13/h4-11,21,28H,1-3H3/b22-20+. The van der Waals surface area contributed by atoms with E-state index >= 15 is 0 Å². The fourth-order valence-corrected chi connectivity index (χ4v) is 3.82. The summed E-state index contributed by atoms with van der Waals surface area (Å²) in [6.07, 6.45) is 0. The highest BCUT2D eigenvalue weighted by Gasteiger charge is 2.49. The number of Topliss-reactive ketones (excluding diaryl/α,β-unsaturated/α-hetero) is 1. The number of ketones is 1. The third-order valence-electron chi connectivity index (χ3n) is 5.32. The molecule has 0 bridgehead atoms. The molecule has 1 atom stereocenters. The highest BCUT2D eigenvalue weighted by Crippen LogP contribution is 2.45. The van der Waals surface area contributed by atoms with Crippen LogP contribution in [0, 0.1) is 18.6 Å². The summed E-state index contributed by atoms with van der Waals surface area (Å²) in [4.78, 5) is 27.2. The van der Waals surface area contributed by atoms with Crippen LogP contribution in [0.1, 0.15) is 23.1 Å². The third kappa shape index (κ3) is 3.61. The van der Waals surface area contributed by atoms with Gasteiger partial charge in [0.25, 0.3) is 11.7 Å². The first kappa shape index (κ1) is 22.1. The molecule has 0 spiro atoms. The molecule has 1 aromatic heterocycles. The number of amides is 1. The van der Waals surface area contributed by atoms with Crippen LogP contribution < -0.4 is 14.4 Å². The average molecular weight is 455 g/mol. The molecule has 9 heteroatoms. The highest BCUT2D eigenvalue weighted by atomic mass is 19.2. The van der Waals surface area contributed by atoms with Crippen LogP contribution in [0.4, 0.5) is 14.5 Å². The van der Waals surface area contributed by atoms with Gasteiger partial charge in [-0.05, 0) is 43.3 Å². The van der Waals surface area contributed by atoms with E-state index < -0.39 is 35.1 Å². The van der Waals surface area contributed by atoms with Crippen molar-refractivity contribution in [2.24, 2.45) is 0 Å². The van der Waals surface area contributed by atoms with Crippen LogP contribution in [0.15, 0.2) is 58.5 Å². The summed E-state index contributed by atoms with van der Waals surface area (Å²) in [5, 5.41) is 11.3. The molecule has 1 aliphatic rings. The number of carbonyl (C=O) groups is 2. The van der Waals surface area contributed by atoms with Crippen molar-refractivity contribution >= 4 is 23.1 Å². The van der Waals surface area contributed by atoms with Gasteiger partial charge in [0.05, 0.1) is 19.8 Å². The van der Waals surface area contributed by atoms with E-state index in [9.17, 15) is 23.5 Å². The molecule has 170 valence electrons. The number of carbonyl (C=O) groups excluding carboxylic acids is 2. The number of aliphatic hydroxyl groups excluding tert-OH is 1. The van der Waals surface area contributed by atoms with Crippen LogP contribution in [-0.4, -0.2) is 31.0 Å². The molecule has 1 aliphatic heterocycles. The van der Waals surface area contributed by atoms with Gasteiger partial charge >= 0.3 is 0 Å². The summed E-state index contributed by atoms with van der Waals surface area (Å²) >= 11 is 0. The second-order valence-electron chi connectivity index (χ2n) is 7.25. The summed E-state index contributed by atoms with van der Waals surface area (Å²) in [5.41, 5.74) is -0.345. The molecule has 0 radical (unpaired) electrons. The van der Waals surface area contributed by atoms with Gasteiger partial charge in [-0.15, -0.1) is 0 Å². The summed E-state index contributed by atoms with van der Waals surface area (Å²) in [6, 6.07) is 9.43. The average Bonchev–Trinajstić information content (AvgIpc) is 3.35. The van der Waals surface area contributed by atoms with E-state index in [1.54, 1.807) is 31.2 Å². The number of nitrogens with zero attached hydrogens (tertiary/aromatic N) is 1. The third-order valence-corrected chi connectivity index (χ3v) is 5.32. The van der Waals surface area contributed by atoms with Crippen LogP contribution >= 0.6 is 0 Å². The van der Waals surface area contributed by atoms with Gasteiger partial charge in [0, 0.05) is 11.8 Å². The van der Waals surface area contributed by atoms with Crippen LogP contribution in [0.3, 0.4) is 0 Å². The fourth-order valence-electron chi connectivity index (χ4n) is 3.82. The molecule has 33 heavy (non-hydrogen) atoms. The highest BCUT2D eigenvalue weighted by molar-refractivity contribution is 6.51. The van der Waals surface area contributed by atoms with Gasteiger partial charge in [-0.1, -0.05) is 6.07 Å². The number of halogens is 2. The monoisotopic (exact) mass is 455 g/mol. The van der Waals surface area contributed by atoms with Crippen molar-refractivity contribution in [3.8, 4) is 11.5 Å². The maximum absolute atomic E-state index is 14.0. The first-order chi connectivity index (χ1) is 15.8. The molecule has 1 fully saturated rings. The molecule has 7 nitrogen and oxygen atoms in total. The van der Waals surface area contributed by atoms with E-state index in [1.165, 1.54) is 20.3 Å². The molecular weight excluding hydrogens is 436 g/mol. The van der Waals surface area contributed by atoms with Crippen molar-refractivity contribution in [1.29, 1.82) is 0 Å². The van der Waals surface area contributed by atoms with E-state index in [4.69, 9.17) is 13.9 Å². The van der Waals surface area contributed by atoms with Crippen molar-refractivity contribution in [3.05, 3.63) is 82.8 Å². The molecule has 1 N–H and O–H groups in total. The topological polar surface area (TPSA) is 89.2 Å². The Morgan fingerprint density at radius 3 is 2.21 bits per heavy atom. The Kier molecular flexibility index (Phi) is 5.63. The van der Waals surface area contributed by atoms with Gasteiger partial charge in [0.1, 0.15) is 40.4 Å². The number of anilines is 1. The van der Waals surface area contributed by atoms with Crippen LogP contribution in [0.5, 0.6) is 11.5 Å². The molecule has 1 saturated heterocycles. The van der Waals surface area contributed by atoms with Gasteiger partial charge < -0.3 is 19.0 Å². The molecule has 3 aromatic rings. The van der Waals surface area contributed by atoms with Gasteiger partial charge in [-0.3, -0.25) is 14.5 Å². The zero-order chi connectivity index (χ0) is 23.9. The van der Waals surface area contributed by atoms with Crippen molar-refractivity contribution in [1.82, 2.24) is 0 Å². The number of methoxy groups -OCH3 is 2. The Hall–Kier alpha value is -4.14. The summed E-state index contributed by atoms with van der Waals surface area (Å²) in [6.45, 7) is 1.66. The number of rotatable bonds is 5. The number of ether oxygens (including phenoxy) is 2. The van der Waals surface area contributed by atoms with Crippen molar-refractivity contribution in [3.63, 3.8) is 0 Å². The number of furan rings is 1. The number of aryl methyl sites for hydroxylation is 1. The van der Waals surface area contributed by atoms with Crippen LogP contribution in [-0.2, 0) is 9.59 Å². The molecular formula is C24H19F2NO6. The summed E-state index contributed by atoms with van der Waals surface area (Å²) in [7, 11) is 2.75. The van der Waals surface area contributed by atoms with Crippen molar-refractivity contribution in [2.75, 3.05) is 19.1 Å². The normalized spacial score (nSPS) is 17.5. The van der Waals surface area contributed by atoms with Crippen LogP contribution in [0.2, 0.25) is 0 Å². The second-order valence-corrected chi connectivity index (χ2v) is 7.25. The number of aliphatic hydroxyl groups is 1. The molecule has 4 rings (SSSR count). The minimum Gasteiger partial charge on any atom is -0.506 e. The maximum atomic E-state index is 14.0. The van der Waals surface area contributed by atoms with E-state index in [0.717, 1.165) is 23.1 Å². The van der Waals surface area contributed by atoms with Crippen LogP contribution in [0.25, 0.3) is 5.76 Å². The van der Waals surface area contributed by atoms with Crippen molar-refractivity contribution in [2.45, 2.75) is 13.0 Å². The molecule has 2 aromatic carbocycles. The lowest BCUT2D eigenvalue weighted by atomic mass is 9.98. The predicted octanol–water partition coefficient (Wildman–Crippen LogP) is 4.51. The Labute approximate surface area is 187 Å². The zero-order valence-electron chi connectivity index (χ0n) is 17.9. The zero-order valence-corrected chi connectivity index (χ0v) is 17.9.